The second-order valence-electron chi connectivity index (χ2n) is 6.22. The number of nitrogens with zero attached hydrogens (tertiary/aromatic N) is 2. The molecule has 1 aliphatic heterocycles. The third-order valence-electron chi connectivity index (χ3n) is 4.22. The van der Waals surface area contributed by atoms with Gasteiger partial charge < -0.3 is 5.32 Å². The average molecular weight is 411 g/mol. The smallest absolute Gasteiger partial charge is 0.294 e. The van der Waals surface area contributed by atoms with Gasteiger partial charge in [0.15, 0.2) is 0 Å². The van der Waals surface area contributed by atoms with E-state index in [1.54, 1.807) is 12.1 Å². The van der Waals surface area contributed by atoms with Crippen LogP contribution in [0.5, 0.6) is 0 Å². The van der Waals surface area contributed by atoms with Gasteiger partial charge in [-0.2, -0.15) is 0 Å². The molecule has 0 aliphatic carbocycles. The van der Waals surface area contributed by atoms with Crippen LogP contribution in [0.2, 0.25) is 0 Å². The van der Waals surface area contributed by atoms with Gasteiger partial charge >= 0.3 is 0 Å². The van der Waals surface area contributed by atoms with Crippen LogP contribution in [0.15, 0.2) is 53.4 Å². The van der Waals surface area contributed by atoms with E-state index in [2.05, 4.69) is 5.32 Å². The Kier molecular flexibility index (Phi) is 6.08. The molecule has 0 aromatic heterocycles. The van der Waals surface area contributed by atoms with Crippen molar-refractivity contribution in [3.05, 3.63) is 74.7 Å². The molecular formula is C20H17N3O5S. The molecule has 9 heteroatoms. The lowest BCUT2D eigenvalue weighted by molar-refractivity contribution is -0.384. The Labute approximate surface area is 170 Å². The molecule has 2 aromatic carbocycles. The monoisotopic (exact) mass is 411 g/mol. The summed E-state index contributed by atoms with van der Waals surface area (Å²) in [6.45, 7) is 1.63. The largest absolute Gasteiger partial charge is 0.325 e. The van der Waals surface area contributed by atoms with E-state index in [1.807, 2.05) is 19.1 Å². The number of hydrogen-bond acceptors (Lipinski definition) is 6. The number of rotatable bonds is 6. The molecule has 1 heterocycles. The van der Waals surface area contributed by atoms with Gasteiger partial charge in [-0.1, -0.05) is 19.1 Å². The molecule has 0 bridgehead atoms. The van der Waals surface area contributed by atoms with Crippen molar-refractivity contribution >= 4 is 46.3 Å². The van der Waals surface area contributed by atoms with E-state index in [0.29, 0.717) is 11.3 Å². The van der Waals surface area contributed by atoms with Gasteiger partial charge in [0.1, 0.15) is 6.54 Å². The number of nitro groups is 1. The summed E-state index contributed by atoms with van der Waals surface area (Å²) in [4.78, 5) is 48.1. The summed E-state index contributed by atoms with van der Waals surface area (Å²) in [6.07, 6.45) is 2.35. The molecule has 0 saturated carbocycles. The molecule has 1 fully saturated rings. The van der Waals surface area contributed by atoms with Gasteiger partial charge in [-0.25, -0.2) is 0 Å². The fourth-order valence-electron chi connectivity index (χ4n) is 2.65. The summed E-state index contributed by atoms with van der Waals surface area (Å²) in [5.41, 5.74) is 2.19. The van der Waals surface area contributed by atoms with E-state index in [-0.39, 0.29) is 10.6 Å². The van der Waals surface area contributed by atoms with Crippen LogP contribution in [-0.4, -0.2) is 33.4 Å². The van der Waals surface area contributed by atoms with Crippen molar-refractivity contribution in [2.75, 3.05) is 11.9 Å². The first-order valence-corrected chi connectivity index (χ1v) is 9.57. The molecule has 0 radical (unpaired) electrons. The number of nitrogens with one attached hydrogen (secondary N) is 1. The predicted octanol–water partition coefficient (Wildman–Crippen LogP) is 3.83. The highest BCUT2D eigenvalue weighted by molar-refractivity contribution is 8.18. The summed E-state index contributed by atoms with van der Waals surface area (Å²) >= 11 is 0.725. The average Bonchev–Trinajstić information content (AvgIpc) is 2.96. The molecule has 2 aromatic rings. The van der Waals surface area contributed by atoms with Gasteiger partial charge in [0.05, 0.1) is 9.83 Å². The van der Waals surface area contributed by atoms with Crippen LogP contribution in [0.3, 0.4) is 0 Å². The number of non-ortho nitro benzene ring substituents is 1. The summed E-state index contributed by atoms with van der Waals surface area (Å²) in [7, 11) is 0. The zero-order chi connectivity index (χ0) is 21.0. The molecule has 8 nitrogen and oxygen atoms in total. The Morgan fingerprint density at radius 2 is 1.79 bits per heavy atom. The van der Waals surface area contributed by atoms with Crippen molar-refractivity contribution in [2.24, 2.45) is 0 Å². The highest BCUT2D eigenvalue weighted by atomic mass is 32.2. The minimum Gasteiger partial charge on any atom is -0.325 e. The Morgan fingerprint density at radius 1 is 1.14 bits per heavy atom. The van der Waals surface area contributed by atoms with Crippen molar-refractivity contribution in [3.63, 3.8) is 0 Å². The number of carbonyl (C=O) groups excluding carboxylic acids is 3. The second-order valence-corrected chi connectivity index (χ2v) is 7.21. The van der Waals surface area contributed by atoms with Gasteiger partial charge in [-0.3, -0.25) is 29.4 Å². The normalized spacial score (nSPS) is 15.1. The number of nitro benzene ring substituents is 1. The number of benzene rings is 2. The first kappa shape index (κ1) is 20.3. The van der Waals surface area contributed by atoms with E-state index in [0.717, 1.165) is 28.6 Å². The molecule has 0 spiro atoms. The third-order valence-corrected chi connectivity index (χ3v) is 5.13. The third kappa shape index (κ3) is 4.88. The van der Waals surface area contributed by atoms with Crippen molar-refractivity contribution in [2.45, 2.75) is 13.3 Å². The summed E-state index contributed by atoms with van der Waals surface area (Å²) < 4.78 is 0. The number of imide groups is 1. The van der Waals surface area contributed by atoms with Crippen LogP contribution >= 0.6 is 11.8 Å². The number of aryl methyl sites for hydroxylation is 1. The Bertz CT molecular complexity index is 1000. The van der Waals surface area contributed by atoms with E-state index in [9.17, 15) is 24.5 Å². The lowest BCUT2D eigenvalue weighted by Gasteiger charge is -2.12. The van der Waals surface area contributed by atoms with Crippen LogP contribution in [0.1, 0.15) is 18.1 Å². The first-order chi connectivity index (χ1) is 13.9. The molecular weight excluding hydrogens is 394 g/mol. The number of anilines is 1. The van der Waals surface area contributed by atoms with Crippen LogP contribution in [-0.2, 0) is 16.0 Å². The quantitative estimate of drug-likeness (QED) is 0.439. The molecule has 3 amide bonds. The molecule has 0 atom stereocenters. The lowest BCUT2D eigenvalue weighted by atomic mass is 10.1. The highest BCUT2D eigenvalue weighted by Crippen LogP contribution is 2.32. The summed E-state index contributed by atoms with van der Waals surface area (Å²) in [6, 6.07) is 12.9. The Morgan fingerprint density at radius 3 is 2.38 bits per heavy atom. The van der Waals surface area contributed by atoms with Crippen molar-refractivity contribution < 1.29 is 19.3 Å². The molecule has 29 heavy (non-hydrogen) atoms. The minimum atomic E-state index is -0.574. The maximum Gasteiger partial charge on any atom is 0.294 e. The molecule has 1 N–H and O–H groups in total. The SMILES string of the molecule is CCc1ccc(NC(=O)CN2C(=O)S/C(=C/c3ccc([N+](=O)[O-])cc3)C2=O)cc1. The molecule has 0 unspecified atom stereocenters. The van der Waals surface area contributed by atoms with Crippen molar-refractivity contribution in [1.29, 1.82) is 0 Å². The van der Waals surface area contributed by atoms with Gasteiger partial charge in [0, 0.05) is 17.8 Å². The predicted molar refractivity (Wildman–Crippen MR) is 110 cm³/mol. The number of carbonyl (C=O) groups is 3. The van der Waals surface area contributed by atoms with E-state index in [4.69, 9.17) is 0 Å². The zero-order valence-corrected chi connectivity index (χ0v) is 16.3. The topological polar surface area (TPSA) is 110 Å². The van der Waals surface area contributed by atoms with Gasteiger partial charge in [0.25, 0.3) is 16.8 Å². The Hall–Kier alpha value is -3.46. The minimum absolute atomic E-state index is 0.0705. The molecule has 3 rings (SSSR count). The van der Waals surface area contributed by atoms with E-state index >= 15 is 0 Å². The Balaban J connectivity index is 1.66. The zero-order valence-electron chi connectivity index (χ0n) is 15.5. The maximum atomic E-state index is 12.5. The van der Waals surface area contributed by atoms with Crippen LogP contribution < -0.4 is 5.32 Å². The van der Waals surface area contributed by atoms with Gasteiger partial charge in [0.2, 0.25) is 5.91 Å². The molecule has 1 aliphatic rings. The van der Waals surface area contributed by atoms with Gasteiger partial charge in [-0.15, -0.1) is 0 Å². The molecule has 1 saturated heterocycles. The highest BCUT2D eigenvalue weighted by Gasteiger charge is 2.36. The molecule has 148 valence electrons. The van der Waals surface area contributed by atoms with Crippen LogP contribution in [0.4, 0.5) is 16.2 Å². The fraction of sp³-hybridized carbons (Fsp3) is 0.150. The van der Waals surface area contributed by atoms with Gasteiger partial charge in [-0.05, 0) is 59.7 Å². The lowest BCUT2D eigenvalue weighted by Crippen LogP contribution is -2.36. The van der Waals surface area contributed by atoms with E-state index in [1.165, 1.54) is 30.3 Å². The standard InChI is InChI=1S/C20H17N3O5S/c1-2-13-3-7-15(8-4-13)21-18(24)12-22-19(25)17(29-20(22)26)11-14-5-9-16(10-6-14)23(27)28/h3-11H,2,12H2,1H3,(H,21,24)/b17-11+. The number of hydrogen-bond donors (Lipinski definition) is 1. The number of amides is 3. The fourth-order valence-corrected chi connectivity index (χ4v) is 3.49. The second kappa shape index (κ2) is 8.70. The summed E-state index contributed by atoms with van der Waals surface area (Å²) in [5, 5.41) is 12.8. The van der Waals surface area contributed by atoms with Crippen molar-refractivity contribution in [1.82, 2.24) is 4.90 Å². The van der Waals surface area contributed by atoms with E-state index < -0.39 is 28.5 Å². The number of thioether (sulfide) groups is 1. The first-order valence-electron chi connectivity index (χ1n) is 8.76. The van der Waals surface area contributed by atoms with Crippen molar-refractivity contribution in [3.8, 4) is 0 Å². The maximum absolute atomic E-state index is 12.5. The summed E-state index contributed by atoms with van der Waals surface area (Å²) in [5.74, 6) is -1.05. The van der Waals surface area contributed by atoms with Crippen LogP contribution in [0.25, 0.3) is 6.08 Å². The van der Waals surface area contributed by atoms with Crippen LogP contribution in [0, 0.1) is 10.1 Å².